The van der Waals surface area contributed by atoms with Crippen LogP contribution in [0.4, 0.5) is 11.4 Å². The van der Waals surface area contributed by atoms with E-state index in [9.17, 15) is 0 Å². The average molecular weight is 307 g/mol. The van der Waals surface area contributed by atoms with Crippen LogP contribution in [0.1, 0.15) is 5.56 Å². The molecule has 0 aliphatic heterocycles. The summed E-state index contributed by atoms with van der Waals surface area (Å²) in [6.45, 7) is 0. The van der Waals surface area contributed by atoms with Gasteiger partial charge in [0.1, 0.15) is 5.75 Å². The summed E-state index contributed by atoms with van der Waals surface area (Å²) in [4.78, 5) is 0. The summed E-state index contributed by atoms with van der Waals surface area (Å²) in [6, 6.07) is 12.9. The Morgan fingerprint density at radius 1 is 1.20 bits per heavy atom. The molecule has 0 aliphatic rings. The topological polar surface area (TPSA) is 45.0 Å². The minimum atomic E-state index is 0.265. The van der Waals surface area contributed by atoms with E-state index in [-0.39, 0.29) is 6.42 Å². The highest BCUT2D eigenvalue weighted by Gasteiger charge is 2.09. The van der Waals surface area contributed by atoms with Crippen molar-refractivity contribution < 1.29 is 4.74 Å². The Bertz CT molecular complexity index is 645. The SMILES string of the molecule is COc1ccc(Nc2c(Cl)cccc2Cl)c(CC#N)c1. The lowest BCUT2D eigenvalue weighted by Crippen LogP contribution is -1.98. The van der Waals surface area contributed by atoms with E-state index in [0.29, 0.717) is 21.5 Å². The Labute approximate surface area is 127 Å². The number of ether oxygens (including phenoxy) is 1. The smallest absolute Gasteiger partial charge is 0.119 e. The molecule has 2 aromatic carbocycles. The van der Waals surface area contributed by atoms with Crippen LogP contribution in [-0.2, 0) is 6.42 Å². The van der Waals surface area contributed by atoms with Gasteiger partial charge >= 0.3 is 0 Å². The second-order valence-corrected chi connectivity index (χ2v) is 4.89. The van der Waals surface area contributed by atoms with E-state index < -0.39 is 0 Å². The van der Waals surface area contributed by atoms with Crippen LogP contribution in [0.3, 0.4) is 0 Å². The molecule has 0 bridgehead atoms. The average Bonchev–Trinajstić information content (AvgIpc) is 2.44. The van der Waals surface area contributed by atoms with Gasteiger partial charge in [0.15, 0.2) is 0 Å². The highest BCUT2D eigenvalue weighted by atomic mass is 35.5. The van der Waals surface area contributed by atoms with Crippen LogP contribution in [0.15, 0.2) is 36.4 Å². The van der Waals surface area contributed by atoms with E-state index in [1.807, 2.05) is 18.2 Å². The van der Waals surface area contributed by atoms with Crippen LogP contribution in [0, 0.1) is 11.3 Å². The van der Waals surface area contributed by atoms with Gasteiger partial charge in [-0.05, 0) is 35.9 Å². The molecule has 0 aromatic heterocycles. The van der Waals surface area contributed by atoms with Crippen LogP contribution in [-0.4, -0.2) is 7.11 Å². The molecule has 0 saturated carbocycles. The van der Waals surface area contributed by atoms with Crippen LogP contribution in [0.2, 0.25) is 10.0 Å². The predicted octanol–water partition coefficient (Wildman–Crippen LogP) is 4.81. The Morgan fingerprint density at radius 2 is 1.90 bits per heavy atom. The lowest BCUT2D eigenvalue weighted by molar-refractivity contribution is 0.414. The van der Waals surface area contributed by atoms with E-state index >= 15 is 0 Å². The van der Waals surface area contributed by atoms with Gasteiger partial charge in [-0.1, -0.05) is 29.3 Å². The van der Waals surface area contributed by atoms with Gasteiger partial charge in [-0.2, -0.15) is 5.26 Å². The standard InChI is InChI=1S/C15H12Cl2N2O/c1-20-11-5-6-14(10(9-11)7-8-18)19-15-12(16)3-2-4-13(15)17/h2-6,9,19H,7H2,1H3. The molecule has 0 radical (unpaired) electrons. The van der Waals surface area contributed by atoms with Crippen LogP contribution in [0.25, 0.3) is 0 Å². The molecule has 0 fully saturated rings. The van der Waals surface area contributed by atoms with E-state index in [1.54, 1.807) is 25.3 Å². The maximum absolute atomic E-state index is 8.91. The van der Waals surface area contributed by atoms with Gasteiger partial charge < -0.3 is 10.1 Å². The van der Waals surface area contributed by atoms with Gasteiger partial charge in [0.05, 0.1) is 35.3 Å². The first-order chi connectivity index (χ1) is 9.65. The predicted molar refractivity (Wildman–Crippen MR) is 82.1 cm³/mol. The van der Waals surface area contributed by atoms with Gasteiger partial charge in [0.2, 0.25) is 0 Å². The maximum atomic E-state index is 8.91. The molecule has 2 rings (SSSR count). The van der Waals surface area contributed by atoms with Crippen LogP contribution >= 0.6 is 23.2 Å². The number of hydrogen-bond acceptors (Lipinski definition) is 3. The maximum Gasteiger partial charge on any atom is 0.119 e. The molecular formula is C15H12Cl2N2O. The first-order valence-corrected chi connectivity index (χ1v) is 6.66. The first-order valence-electron chi connectivity index (χ1n) is 5.90. The summed E-state index contributed by atoms with van der Waals surface area (Å²) in [5.74, 6) is 0.700. The number of nitriles is 1. The molecule has 0 unspecified atom stereocenters. The number of nitrogens with one attached hydrogen (secondary N) is 1. The van der Waals surface area contributed by atoms with E-state index in [2.05, 4.69) is 11.4 Å². The molecule has 2 aromatic rings. The molecular weight excluding hydrogens is 295 g/mol. The minimum absolute atomic E-state index is 0.265. The van der Waals surface area contributed by atoms with Crippen molar-refractivity contribution in [2.75, 3.05) is 12.4 Å². The zero-order valence-electron chi connectivity index (χ0n) is 10.8. The molecule has 0 saturated heterocycles. The van der Waals surface area contributed by atoms with Crippen LogP contribution in [0.5, 0.6) is 5.75 Å². The van der Waals surface area contributed by atoms with Gasteiger partial charge in [-0.15, -0.1) is 0 Å². The number of para-hydroxylation sites is 1. The molecule has 5 heteroatoms. The Morgan fingerprint density at radius 3 is 2.50 bits per heavy atom. The molecule has 0 atom stereocenters. The fourth-order valence-electron chi connectivity index (χ4n) is 1.80. The van der Waals surface area contributed by atoms with E-state index in [4.69, 9.17) is 33.2 Å². The molecule has 0 heterocycles. The Kier molecular flexibility index (Phi) is 4.73. The van der Waals surface area contributed by atoms with Crippen molar-refractivity contribution in [3.8, 4) is 11.8 Å². The summed E-state index contributed by atoms with van der Waals surface area (Å²) in [6.07, 6.45) is 0.265. The Hall–Kier alpha value is -1.89. The van der Waals surface area contributed by atoms with Crippen molar-refractivity contribution in [2.24, 2.45) is 0 Å². The molecule has 102 valence electrons. The summed E-state index contributed by atoms with van der Waals surface area (Å²) in [5, 5.41) is 13.1. The van der Waals surface area contributed by atoms with Crippen molar-refractivity contribution in [3.05, 3.63) is 52.0 Å². The third-order valence-electron chi connectivity index (χ3n) is 2.80. The fourth-order valence-corrected chi connectivity index (χ4v) is 2.29. The van der Waals surface area contributed by atoms with Crippen LogP contribution < -0.4 is 10.1 Å². The summed E-state index contributed by atoms with van der Waals surface area (Å²) < 4.78 is 5.16. The fraction of sp³-hybridized carbons (Fsp3) is 0.133. The van der Waals surface area contributed by atoms with Crippen molar-refractivity contribution >= 4 is 34.6 Å². The van der Waals surface area contributed by atoms with Gasteiger partial charge in [-0.25, -0.2) is 0 Å². The largest absolute Gasteiger partial charge is 0.497 e. The highest BCUT2D eigenvalue weighted by molar-refractivity contribution is 6.39. The highest BCUT2D eigenvalue weighted by Crippen LogP contribution is 2.34. The molecule has 0 spiro atoms. The second-order valence-electron chi connectivity index (χ2n) is 4.08. The summed E-state index contributed by atoms with van der Waals surface area (Å²) in [7, 11) is 1.59. The quantitative estimate of drug-likeness (QED) is 0.881. The van der Waals surface area contributed by atoms with Gasteiger partial charge in [0.25, 0.3) is 0 Å². The number of anilines is 2. The van der Waals surface area contributed by atoms with Gasteiger partial charge in [0, 0.05) is 5.69 Å². The monoisotopic (exact) mass is 306 g/mol. The second kappa shape index (κ2) is 6.51. The number of methoxy groups -OCH3 is 1. The van der Waals surface area contributed by atoms with E-state index in [0.717, 1.165) is 11.3 Å². The number of nitrogens with zero attached hydrogens (tertiary/aromatic N) is 1. The first kappa shape index (κ1) is 14.5. The minimum Gasteiger partial charge on any atom is -0.497 e. The number of hydrogen-bond donors (Lipinski definition) is 1. The molecule has 0 amide bonds. The lowest BCUT2D eigenvalue weighted by atomic mass is 10.1. The third-order valence-corrected chi connectivity index (χ3v) is 3.43. The normalized spacial score (nSPS) is 9.90. The molecule has 0 aliphatic carbocycles. The van der Waals surface area contributed by atoms with E-state index in [1.165, 1.54) is 0 Å². The number of rotatable bonds is 4. The number of halogens is 2. The van der Waals surface area contributed by atoms with Crippen molar-refractivity contribution in [3.63, 3.8) is 0 Å². The Balaban J connectivity index is 2.40. The van der Waals surface area contributed by atoms with Crippen molar-refractivity contribution in [1.82, 2.24) is 0 Å². The zero-order chi connectivity index (χ0) is 14.5. The molecule has 3 nitrogen and oxygen atoms in total. The summed E-state index contributed by atoms with van der Waals surface area (Å²) >= 11 is 12.3. The summed E-state index contributed by atoms with van der Waals surface area (Å²) in [5.41, 5.74) is 2.23. The molecule has 1 N–H and O–H groups in total. The molecule has 20 heavy (non-hydrogen) atoms. The van der Waals surface area contributed by atoms with Gasteiger partial charge in [-0.3, -0.25) is 0 Å². The zero-order valence-corrected chi connectivity index (χ0v) is 12.3. The lowest BCUT2D eigenvalue weighted by Gasteiger charge is -2.14. The van der Waals surface area contributed by atoms with Crippen molar-refractivity contribution in [1.29, 1.82) is 5.26 Å². The van der Waals surface area contributed by atoms with Crippen molar-refractivity contribution in [2.45, 2.75) is 6.42 Å². The number of benzene rings is 2. The third kappa shape index (κ3) is 3.16.